The lowest BCUT2D eigenvalue weighted by atomic mass is 10.1. The molecule has 88 valence electrons. The van der Waals surface area contributed by atoms with E-state index in [9.17, 15) is 9.90 Å². The van der Waals surface area contributed by atoms with Gasteiger partial charge in [0.2, 0.25) is 0 Å². The molecular weight excluding hydrogens is 202 g/mol. The van der Waals surface area contributed by atoms with Crippen molar-refractivity contribution in [3.63, 3.8) is 0 Å². The van der Waals surface area contributed by atoms with Crippen molar-refractivity contribution in [2.75, 3.05) is 6.54 Å². The van der Waals surface area contributed by atoms with Crippen molar-refractivity contribution >= 4 is 5.91 Å². The van der Waals surface area contributed by atoms with E-state index < -0.39 is 5.60 Å². The lowest BCUT2D eigenvalue weighted by Gasteiger charge is -2.17. The maximum absolute atomic E-state index is 11.7. The number of aliphatic hydroxyl groups is 1. The van der Waals surface area contributed by atoms with Crippen molar-refractivity contribution in [2.45, 2.75) is 32.8 Å². The maximum Gasteiger partial charge on any atom is 0.251 e. The number of benzene rings is 1. The van der Waals surface area contributed by atoms with Crippen LogP contribution < -0.4 is 5.32 Å². The summed E-state index contributed by atoms with van der Waals surface area (Å²) in [5.41, 5.74) is 0.958. The second-order valence-corrected chi connectivity index (χ2v) is 4.55. The predicted octanol–water partition coefficient (Wildman–Crippen LogP) is 1.75. The first kappa shape index (κ1) is 12.7. The number of nitrogens with one attached hydrogen (secondary N) is 1. The van der Waals surface area contributed by atoms with Gasteiger partial charge in [-0.2, -0.15) is 0 Å². The molecule has 2 N–H and O–H groups in total. The van der Waals surface area contributed by atoms with Crippen molar-refractivity contribution in [3.05, 3.63) is 35.4 Å². The van der Waals surface area contributed by atoms with E-state index in [0.717, 1.165) is 6.42 Å². The van der Waals surface area contributed by atoms with Crippen molar-refractivity contribution in [3.8, 4) is 0 Å². The van der Waals surface area contributed by atoms with Gasteiger partial charge in [-0.1, -0.05) is 19.1 Å². The Kier molecular flexibility index (Phi) is 4.07. The third kappa shape index (κ3) is 4.03. The summed E-state index contributed by atoms with van der Waals surface area (Å²) in [7, 11) is 0. The normalized spacial score (nSPS) is 11.2. The molecule has 0 unspecified atom stereocenters. The fourth-order valence-corrected chi connectivity index (χ4v) is 1.29. The molecule has 1 aromatic rings. The summed E-state index contributed by atoms with van der Waals surface area (Å²) in [6.45, 7) is 5.64. The van der Waals surface area contributed by atoms with Crippen LogP contribution in [0.4, 0.5) is 0 Å². The number of hydrogen-bond donors (Lipinski definition) is 2. The van der Waals surface area contributed by atoms with Crippen LogP contribution in [0.2, 0.25) is 0 Å². The average molecular weight is 221 g/mol. The summed E-state index contributed by atoms with van der Waals surface area (Å²) in [5, 5.41) is 12.2. The maximum atomic E-state index is 11.7. The molecule has 0 saturated carbocycles. The van der Waals surface area contributed by atoms with Crippen LogP contribution in [0, 0.1) is 0 Å². The summed E-state index contributed by atoms with van der Waals surface area (Å²) < 4.78 is 0. The molecule has 0 aromatic heterocycles. The summed E-state index contributed by atoms with van der Waals surface area (Å²) in [5.74, 6) is -0.148. The van der Waals surface area contributed by atoms with Gasteiger partial charge in [0.05, 0.1) is 5.60 Å². The lowest BCUT2D eigenvalue weighted by molar-refractivity contribution is 0.0694. The van der Waals surface area contributed by atoms with E-state index in [0.29, 0.717) is 5.56 Å². The Morgan fingerprint density at radius 3 is 2.31 bits per heavy atom. The second-order valence-electron chi connectivity index (χ2n) is 4.55. The Labute approximate surface area is 96.5 Å². The van der Waals surface area contributed by atoms with E-state index >= 15 is 0 Å². The molecule has 0 aliphatic heterocycles. The highest BCUT2D eigenvalue weighted by molar-refractivity contribution is 5.94. The summed E-state index contributed by atoms with van der Waals surface area (Å²) in [6, 6.07) is 7.50. The zero-order valence-electron chi connectivity index (χ0n) is 10.1. The van der Waals surface area contributed by atoms with Crippen LogP contribution in [0.1, 0.15) is 36.7 Å². The number of carbonyl (C=O) groups excluding carboxylic acids is 1. The molecule has 1 amide bonds. The molecule has 0 bridgehead atoms. The quantitative estimate of drug-likeness (QED) is 0.813. The fraction of sp³-hybridized carbons (Fsp3) is 0.462. The van der Waals surface area contributed by atoms with Gasteiger partial charge in [0, 0.05) is 12.1 Å². The Bertz CT molecular complexity index is 349. The molecule has 0 heterocycles. The van der Waals surface area contributed by atoms with Crippen LogP contribution in [0.15, 0.2) is 24.3 Å². The van der Waals surface area contributed by atoms with Gasteiger partial charge in [0.15, 0.2) is 0 Å². The third-order valence-corrected chi connectivity index (χ3v) is 2.31. The van der Waals surface area contributed by atoms with Gasteiger partial charge < -0.3 is 10.4 Å². The molecule has 3 heteroatoms. The number of amides is 1. The molecular formula is C13H19NO2. The molecule has 0 fully saturated rings. The first-order valence-electron chi connectivity index (χ1n) is 5.52. The van der Waals surface area contributed by atoms with Crippen LogP contribution in [-0.2, 0) is 6.42 Å². The SMILES string of the molecule is CCc1ccc(C(=O)NCC(C)(C)O)cc1. The fourth-order valence-electron chi connectivity index (χ4n) is 1.29. The largest absolute Gasteiger partial charge is 0.389 e. The smallest absolute Gasteiger partial charge is 0.251 e. The van der Waals surface area contributed by atoms with Crippen molar-refractivity contribution < 1.29 is 9.90 Å². The molecule has 0 aliphatic carbocycles. The Balaban J connectivity index is 2.59. The minimum absolute atomic E-state index is 0.148. The van der Waals surface area contributed by atoms with Gasteiger partial charge in [-0.3, -0.25) is 4.79 Å². The molecule has 0 spiro atoms. The van der Waals surface area contributed by atoms with Crippen LogP contribution in [-0.4, -0.2) is 23.2 Å². The molecule has 0 atom stereocenters. The van der Waals surface area contributed by atoms with Gasteiger partial charge >= 0.3 is 0 Å². The highest BCUT2D eigenvalue weighted by Crippen LogP contribution is 2.05. The monoisotopic (exact) mass is 221 g/mol. The third-order valence-electron chi connectivity index (χ3n) is 2.31. The summed E-state index contributed by atoms with van der Waals surface area (Å²) >= 11 is 0. The van der Waals surface area contributed by atoms with Gasteiger partial charge in [-0.05, 0) is 38.0 Å². The molecule has 0 radical (unpaired) electrons. The van der Waals surface area contributed by atoms with Gasteiger partial charge in [0.1, 0.15) is 0 Å². The molecule has 16 heavy (non-hydrogen) atoms. The van der Waals surface area contributed by atoms with E-state index in [-0.39, 0.29) is 12.5 Å². The predicted molar refractivity (Wildman–Crippen MR) is 64.5 cm³/mol. The number of rotatable bonds is 4. The van der Waals surface area contributed by atoms with Crippen LogP contribution in [0.3, 0.4) is 0 Å². The van der Waals surface area contributed by atoms with Crippen LogP contribution >= 0.6 is 0 Å². The van der Waals surface area contributed by atoms with Crippen molar-refractivity contribution in [1.29, 1.82) is 0 Å². The lowest BCUT2D eigenvalue weighted by Crippen LogP contribution is -2.38. The standard InChI is InChI=1S/C13H19NO2/c1-4-10-5-7-11(8-6-10)12(15)14-9-13(2,3)16/h5-8,16H,4,9H2,1-3H3,(H,14,15). The van der Waals surface area contributed by atoms with E-state index in [2.05, 4.69) is 12.2 Å². The van der Waals surface area contributed by atoms with E-state index in [1.165, 1.54) is 5.56 Å². The number of aryl methyl sites for hydroxylation is 1. The molecule has 3 nitrogen and oxygen atoms in total. The Hall–Kier alpha value is -1.35. The minimum atomic E-state index is -0.876. The van der Waals surface area contributed by atoms with Gasteiger partial charge in [-0.15, -0.1) is 0 Å². The average Bonchev–Trinajstić information content (AvgIpc) is 2.25. The molecule has 1 aromatic carbocycles. The summed E-state index contributed by atoms with van der Waals surface area (Å²) in [6.07, 6.45) is 0.964. The molecule has 0 saturated heterocycles. The first-order valence-corrected chi connectivity index (χ1v) is 5.52. The topological polar surface area (TPSA) is 49.3 Å². The minimum Gasteiger partial charge on any atom is -0.389 e. The second kappa shape index (κ2) is 5.12. The van der Waals surface area contributed by atoms with E-state index in [1.54, 1.807) is 26.0 Å². The Morgan fingerprint density at radius 2 is 1.88 bits per heavy atom. The van der Waals surface area contributed by atoms with Crippen LogP contribution in [0.25, 0.3) is 0 Å². The van der Waals surface area contributed by atoms with Gasteiger partial charge in [-0.25, -0.2) is 0 Å². The number of hydrogen-bond acceptors (Lipinski definition) is 2. The molecule has 0 aliphatic rings. The van der Waals surface area contributed by atoms with E-state index in [4.69, 9.17) is 0 Å². The van der Waals surface area contributed by atoms with E-state index in [1.807, 2.05) is 12.1 Å². The highest BCUT2D eigenvalue weighted by Gasteiger charge is 2.14. The Morgan fingerprint density at radius 1 is 1.31 bits per heavy atom. The highest BCUT2D eigenvalue weighted by atomic mass is 16.3. The van der Waals surface area contributed by atoms with Crippen molar-refractivity contribution in [2.24, 2.45) is 0 Å². The zero-order chi connectivity index (χ0) is 12.2. The summed E-state index contributed by atoms with van der Waals surface area (Å²) in [4.78, 5) is 11.7. The van der Waals surface area contributed by atoms with Gasteiger partial charge in [0.25, 0.3) is 5.91 Å². The van der Waals surface area contributed by atoms with Crippen LogP contribution in [0.5, 0.6) is 0 Å². The first-order chi connectivity index (χ1) is 7.42. The van der Waals surface area contributed by atoms with Crippen molar-refractivity contribution in [1.82, 2.24) is 5.32 Å². The number of carbonyl (C=O) groups is 1. The zero-order valence-corrected chi connectivity index (χ0v) is 10.1. The molecule has 1 rings (SSSR count).